The predicted octanol–water partition coefficient (Wildman–Crippen LogP) is 7.03. The maximum Gasteiger partial charge on any atom is 0.326 e. The molecular weight excluding hydrogens is 532 g/mol. The number of carbonyl (C=O) groups excluding carboxylic acids is 2. The van der Waals surface area contributed by atoms with Crippen LogP contribution < -0.4 is 15.5 Å². The highest BCUT2D eigenvalue weighted by Crippen LogP contribution is 2.43. The molecule has 5 rings (SSSR count). The van der Waals surface area contributed by atoms with Gasteiger partial charge in [0.2, 0.25) is 5.91 Å². The monoisotopic (exact) mass is 558 g/mol. The Hall–Kier alpha value is -4.02. The molecule has 1 aliphatic heterocycles. The molecule has 1 aliphatic carbocycles. The molecular formula is C29H26N4O4S2. The van der Waals surface area contributed by atoms with Crippen molar-refractivity contribution in [2.24, 2.45) is 0 Å². The molecule has 0 spiro atoms. The van der Waals surface area contributed by atoms with Crippen LogP contribution in [0, 0.1) is 17.0 Å². The van der Waals surface area contributed by atoms with Gasteiger partial charge >= 0.3 is 6.03 Å². The van der Waals surface area contributed by atoms with Crippen molar-refractivity contribution in [2.45, 2.75) is 40.2 Å². The van der Waals surface area contributed by atoms with E-state index < -0.39 is 10.2 Å². The number of amides is 3. The summed E-state index contributed by atoms with van der Waals surface area (Å²) in [7, 11) is 0. The third-order valence-electron chi connectivity index (χ3n) is 6.42. The predicted molar refractivity (Wildman–Crippen MR) is 158 cm³/mol. The average Bonchev–Trinajstić information content (AvgIpc) is 2.92. The summed E-state index contributed by atoms with van der Waals surface area (Å²) >= 11 is 3.09. The fourth-order valence-corrected chi connectivity index (χ4v) is 6.59. The number of urea groups is 1. The van der Waals surface area contributed by atoms with Crippen molar-refractivity contribution in [2.75, 3.05) is 15.5 Å². The van der Waals surface area contributed by atoms with Crippen molar-refractivity contribution in [3.05, 3.63) is 107 Å². The molecule has 3 aromatic rings. The number of rotatable bonds is 6. The van der Waals surface area contributed by atoms with Gasteiger partial charge in [-0.05, 0) is 49.7 Å². The van der Waals surface area contributed by atoms with E-state index >= 15 is 0 Å². The third-order valence-corrected chi connectivity index (χ3v) is 8.82. The number of hydrogen-bond donors (Lipinski definition) is 2. The smallest absolute Gasteiger partial charge is 0.325 e. The van der Waals surface area contributed by atoms with Crippen LogP contribution in [0.15, 0.2) is 101 Å². The second-order valence-electron chi connectivity index (χ2n) is 9.14. The highest BCUT2D eigenvalue weighted by atomic mass is 32.2. The Morgan fingerprint density at radius 3 is 2.64 bits per heavy atom. The first-order chi connectivity index (χ1) is 18.8. The van der Waals surface area contributed by atoms with Crippen molar-refractivity contribution in [1.29, 1.82) is 0 Å². The van der Waals surface area contributed by atoms with Crippen LogP contribution in [0.25, 0.3) is 0 Å². The van der Waals surface area contributed by atoms with Crippen LogP contribution in [0.1, 0.15) is 12.5 Å². The molecule has 1 heterocycles. The topological polar surface area (TPSA) is 105 Å². The number of fused-ring (bicyclic) bond motifs is 2. The SMILES string of the molecule is Cc1ccc([N+](=O)[O-])cc1NC(=O)C(C)Sc1cccc(NC(=O)N2c3ccccc3SC3C=CC=CC32)c1. The Kier molecular flexibility index (Phi) is 7.76. The van der Waals surface area contributed by atoms with Crippen LogP contribution >= 0.6 is 23.5 Å². The van der Waals surface area contributed by atoms with Gasteiger partial charge in [-0.3, -0.25) is 19.8 Å². The first kappa shape index (κ1) is 26.6. The Morgan fingerprint density at radius 1 is 1.03 bits per heavy atom. The minimum absolute atomic E-state index is 0.0827. The van der Waals surface area contributed by atoms with Crippen LogP contribution in [-0.4, -0.2) is 33.4 Å². The normalized spacial score (nSPS) is 18.1. The number of nitro benzene ring substituents is 1. The number of nitro groups is 1. The van der Waals surface area contributed by atoms with E-state index in [1.807, 2.05) is 66.8 Å². The Labute approximate surface area is 234 Å². The molecule has 0 aromatic heterocycles. The molecule has 0 bridgehead atoms. The standard InChI is InChI=1S/C29H26N4O4S2/c1-18-14-15-21(33(36)37)17-23(18)31-28(34)19(2)38-22-9-7-8-20(16-22)30-29(35)32-24-10-3-5-12-26(24)39-27-13-6-4-11-25(27)32/h3-17,19,24,26H,1-2H3,(H,30,35)(H,31,34). The molecule has 0 radical (unpaired) electrons. The van der Waals surface area contributed by atoms with Crippen LogP contribution in [0.3, 0.4) is 0 Å². The highest BCUT2D eigenvalue weighted by Gasteiger charge is 2.36. The number of non-ortho nitro benzene ring substituents is 1. The zero-order valence-electron chi connectivity index (χ0n) is 21.2. The number of carbonyl (C=O) groups is 2. The second-order valence-corrected chi connectivity index (χ2v) is 11.8. The number of thioether (sulfide) groups is 2. The molecule has 2 aliphatic rings. The number of allylic oxidation sites excluding steroid dienone is 2. The maximum atomic E-state index is 13.6. The average molecular weight is 559 g/mol. The molecule has 3 amide bonds. The van der Waals surface area contributed by atoms with Crippen molar-refractivity contribution in [1.82, 2.24) is 0 Å². The first-order valence-electron chi connectivity index (χ1n) is 12.3. The molecule has 0 saturated heterocycles. The summed E-state index contributed by atoms with van der Waals surface area (Å²) in [6.45, 7) is 3.55. The van der Waals surface area contributed by atoms with Gasteiger partial charge in [-0.25, -0.2) is 4.79 Å². The lowest BCUT2D eigenvalue weighted by atomic mass is 10.1. The Bertz CT molecular complexity index is 1510. The molecule has 3 unspecified atom stereocenters. The molecule has 39 heavy (non-hydrogen) atoms. The zero-order chi connectivity index (χ0) is 27.5. The summed E-state index contributed by atoms with van der Waals surface area (Å²) in [5.74, 6) is -0.274. The van der Waals surface area contributed by atoms with E-state index in [9.17, 15) is 19.7 Å². The molecule has 8 nitrogen and oxygen atoms in total. The fraction of sp³-hybridized carbons (Fsp3) is 0.172. The van der Waals surface area contributed by atoms with Crippen molar-refractivity contribution >= 4 is 58.2 Å². The molecule has 198 valence electrons. The summed E-state index contributed by atoms with van der Waals surface area (Å²) < 4.78 is 0. The van der Waals surface area contributed by atoms with Crippen LogP contribution in [0.4, 0.5) is 27.5 Å². The zero-order valence-corrected chi connectivity index (χ0v) is 22.9. The third kappa shape index (κ3) is 5.86. The van der Waals surface area contributed by atoms with Gasteiger partial charge in [0.25, 0.3) is 5.69 Å². The summed E-state index contributed by atoms with van der Waals surface area (Å²) in [6, 6.07) is 19.3. The van der Waals surface area contributed by atoms with Crippen molar-refractivity contribution in [3.63, 3.8) is 0 Å². The number of anilines is 3. The van der Waals surface area contributed by atoms with Gasteiger partial charge in [0, 0.05) is 27.6 Å². The van der Waals surface area contributed by atoms with Gasteiger partial charge in [0.1, 0.15) is 0 Å². The van der Waals surface area contributed by atoms with Crippen LogP contribution in [-0.2, 0) is 4.79 Å². The van der Waals surface area contributed by atoms with E-state index in [4.69, 9.17) is 0 Å². The molecule has 10 heteroatoms. The second kappa shape index (κ2) is 11.4. The minimum Gasteiger partial charge on any atom is -0.325 e. The number of nitrogens with one attached hydrogen (secondary N) is 2. The van der Waals surface area contributed by atoms with Gasteiger partial charge in [0.15, 0.2) is 0 Å². The number of benzene rings is 3. The van der Waals surface area contributed by atoms with Gasteiger partial charge in [-0.2, -0.15) is 0 Å². The van der Waals surface area contributed by atoms with E-state index in [2.05, 4.69) is 16.7 Å². The largest absolute Gasteiger partial charge is 0.326 e. The number of aryl methyl sites for hydroxylation is 1. The Balaban J connectivity index is 1.28. The van der Waals surface area contributed by atoms with E-state index in [1.165, 1.54) is 23.9 Å². The van der Waals surface area contributed by atoms with Crippen LogP contribution in [0.5, 0.6) is 0 Å². The molecule has 3 aromatic carbocycles. The van der Waals surface area contributed by atoms with Crippen molar-refractivity contribution in [3.8, 4) is 0 Å². The minimum atomic E-state index is -0.490. The molecule has 0 saturated carbocycles. The highest BCUT2D eigenvalue weighted by molar-refractivity contribution is 8.00. The number of para-hydroxylation sites is 1. The van der Waals surface area contributed by atoms with Gasteiger partial charge in [0.05, 0.1) is 32.8 Å². The summed E-state index contributed by atoms with van der Waals surface area (Å²) in [5.41, 5.74) is 2.55. The lowest BCUT2D eigenvalue weighted by molar-refractivity contribution is -0.384. The van der Waals surface area contributed by atoms with E-state index in [0.717, 1.165) is 21.0 Å². The maximum absolute atomic E-state index is 13.6. The summed E-state index contributed by atoms with van der Waals surface area (Å²) in [4.78, 5) is 40.7. The summed E-state index contributed by atoms with van der Waals surface area (Å²) in [6.07, 6.45) is 8.14. The molecule has 0 fully saturated rings. The van der Waals surface area contributed by atoms with Gasteiger partial charge < -0.3 is 10.6 Å². The van der Waals surface area contributed by atoms with Crippen LogP contribution in [0.2, 0.25) is 0 Å². The lowest BCUT2D eigenvalue weighted by Crippen LogP contribution is -2.49. The Morgan fingerprint density at radius 2 is 1.82 bits per heavy atom. The first-order valence-corrected chi connectivity index (χ1v) is 14.1. The van der Waals surface area contributed by atoms with E-state index in [-0.39, 0.29) is 28.9 Å². The lowest BCUT2D eigenvalue weighted by Gasteiger charge is -2.40. The molecule has 3 atom stereocenters. The van der Waals surface area contributed by atoms with Crippen molar-refractivity contribution < 1.29 is 14.5 Å². The van der Waals surface area contributed by atoms with Gasteiger partial charge in [-0.15, -0.1) is 23.5 Å². The van der Waals surface area contributed by atoms with Gasteiger partial charge in [-0.1, -0.05) is 48.6 Å². The van der Waals surface area contributed by atoms with E-state index in [0.29, 0.717) is 11.4 Å². The number of nitrogens with zero attached hydrogens (tertiary/aromatic N) is 2. The molecule has 2 N–H and O–H groups in total. The summed E-state index contributed by atoms with van der Waals surface area (Å²) in [5, 5.41) is 16.6. The quantitative estimate of drug-likeness (QED) is 0.191. The number of hydrogen-bond acceptors (Lipinski definition) is 6. The fourth-order valence-electron chi connectivity index (χ4n) is 4.41. The van der Waals surface area contributed by atoms with E-state index in [1.54, 1.807) is 36.6 Å².